The molecule has 100 valence electrons. The first-order valence-electron chi connectivity index (χ1n) is 6.03. The molecule has 2 aromatic rings. The highest BCUT2D eigenvalue weighted by atomic mass is 32.1. The van der Waals surface area contributed by atoms with Crippen molar-refractivity contribution in [3.05, 3.63) is 45.8 Å². The summed E-state index contributed by atoms with van der Waals surface area (Å²) in [5.41, 5.74) is 0.993. The summed E-state index contributed by atoms with van der Waals surface area (Å²) < 4.78 is 0. The summed E-state index contributed by atoms with van der Waals surface area (Å²) in [6.07, 6.45) is 1.79. The van der Waals surface area contributed by atoms with Crippen LogP contribution in [0.3, 0.4) is 0 Å². The van der Waals surface area contributed by atoms with Gasteiger partial charge in [-0.05, 0) is 30.7 Å². The smallest absolute Gasteiger partial charge is 0.261 e. The van der Waals surface area contributed by atoms with E-state index in [1.807, 2.05) is 50.2 Å². The third-order valence-corrected chi connectivity index (χ3v) is 3.68. The molecule has 2 aromatic heterocycles. The molecule has 0 bridgehead atoms. The number of aryl methyl sites for hydroxylation is 1. The lowest BCUT2D eigenvalue weighted by atomic mass is 10.2. The molecule has 0 aliphatic rings. The quantitative estimate of drug-likeness (QED) is 0.932. The third kappa shape index (κ3) is 3.54. The Morgan fingerprint density at radius 3 is 2.63 bits per heavy atom. The van der Waals surface area contributed by atoms with Crippen molar-refractivity contribution < 1.29 is 4.79 Å². The fraction of sp³-hybridized carbons (Fsp3) is 0.286. The topological polar surface area (TPSA) is 45.2 Å². The standard InChI is InChI=1S/C14H17N3OS/c1-10-4-6-12(19-10)14(18)16-9-11-5-7-13(15-8-11)17(2)3/h4-8H,9H2,1-3H3,(H,16,18). The maximum Gasteiger partial charge on any atom is 0.261 e. The van der Waals surface area contributed by atoms with E-state index in [9.17, 15) is 4.79 Å². The monoisotopic (exact) mass is 275 g/mol. The maximum absolute atomic E-state index is 11.9. The molecule has 0 fully saturated rings. The SMILES string of the molecule is Cc1ccc(C(=O)NCc2ccc(N(C)C)nc2)s1. The number of carbonyl (C=O) groups excluding carboxylic acids is 1. The Morgan fingerprint density at radius 2 is 2.11 bits per heavy atom. The zero-order chi connectivity index (χ0) is 13.8. The van der Waals surface area contributed by atoms with Gasteiger partial charge in [0.2, 0.25) is 0 Å². The molecule has 0 radical (unpaired) electrons. The van der Waals surface area contributed by atoms with Gasteiger partial charge in [-0.2, -0.15) is 0 Å². The molecule has 0 saturated carbocycles. The van der Waals surface area contributed by atoms with Crippen LogP contribution in [0.25, 0.3) is 0 Å². The summed E-state index contributed by atoms with van der Waals surface area (Å²) in [6.45, 7) is 2.49. The molecular formula is C14H17N3OS. The van der Waals surface area contributed by atoms with Gasteiger partial charge in [-0.25, -0.2) is 4.98 Å². The van der Waals surface area contributed by atoms with E-state index in [-0.39, 0.29) is 5.91 Å². The molecule has 0 aliphatic carbocycles. The van der Waals surface area contributed by atoms with Gasteiger partial charge >= 0.3 is 0 Å². The highest BCUT2D eigenvalue weighted by Crippen LogP contribution is 2.15. The molecule has 2 rings (SSSR count). The lowest BCUT2D eigenvalue weighted by Crippen LogP contribution is -2.22. The molecule has 1 amide bonds. The minimum atomic E-state index is -0.0326. The average Bonchev–Trinajstić information content (AvgIpc) is 2.83. The van der Waals surface area contributed by atoms with E-state index in [0.717, 1.165) is 21.1 Å². The van der Waals surface area contributed by atoms with Gasteiger partial charge in [0.1, 0.15) is 5.82 Å². The molecule has 1 N–H and O–H groups in total. The molecule has 19 heavy (non-hydrogen) atoms. The number of aromatic nitrogens is 1. The summed E-state index contributed by atoms with van der Waals surface area (Å²) >= 11 is 1.50. The van der Waals surface area contributed by atoms with Gasteiger partial charge in [-0.3, -0.25) is 4.79 Å². The van der Waals surface area contributed by atoms with Crippen molar-refractivity contribution >= 4 is 23.1 Å². The van der Waals surface area contributed by atoms with Crippen LogP contribution in [0, 0.1) is 6.92 Å². The fourth-order valence-corrected chi connectivity index (χ4v) is 2.40. The Morgan fingerprint density at radius 1 is 1.32 bits per heavy atom. The van der Waals surface area contributed by atoms with Crippen molar-refractivity contribution in [3.63, 3.8) is 0 Å². The Hall–Kier alpha value is -1.88. The Bertz CT molecular complexity index is 560. The zero-order valence-corrected chi connectivity index (χ0v) is 12.1. The first-order chi connectivity index (χ1) is 9.06. The predicted molar refractivity (Wildman–Crippen MR) is 78.8 cm³/mol. The minimum absolute atomic E-state index is 0.0326. The van der Waals surface area contributed by atoms with Crippen LogP contribution in [0.15, 0.2) is 30.5 Å². The summed E-state index contributed by atoms with van der Waals surface area (Å²) in [6, 6.07) is 7.72. The number of nitrogens with zero attached hydrogens (tertiary/aromatic N) is 2. The number of hydrogen-bond donors (Lipinski definition) is 1. The summed E-state index contributed by atoms with van der Waals surface area (Å²) in [5, 5.41) is 2.90. The first kappa shape index (κ1) is 13.5. The zero-order valence-electron chi connectivity index (χ0n) is 11.3. The van der Waals surface area contributed by atoms with Crippen molar-refractivity contribution in [3.8, 4) is 0 Å². The van der Waals surface area contributed by atoms with Crippen LogP contribution in [-0.2, 0) is 6.54 Å². The Labute approximate surface area is 117 Å². The number of anilines is 1. The van der Waals surface area contributed by atoms with Gasteiger partial charge in [0.15, 0.2) is 0 Å². The van der Waals surface area contributed by atoms with E-state index >= 15 is 0 Å². The van der Waals surface area contributed by atoms with E-state index in [1.54, 1.807) is 6.20 Å². The van der Waals surface area contributed by atoms with Crippen molar-refractivity contribution in [2.75, 3.05) is 19.0 Å². The second-order valence-electron chi connectivity index (χ2n) is 4.51. The number of nitrogens with one attached hydrogen (secondary N) is 1. The highest BCUT2D eigenvalue weighted by Gasteiger charge is 2.07. The molecule has 0 saturated heterocycles. The molecule has 0 aliphatic heterocycles. The molecule has 2 heterocycles. The van der Waals surface area contributed by atoms with Gasteiger partial charge < -0.3 is 10.2 Å². The molecule has 5 heteroatoms. The van der Waals surface area contributed by atoms with Crippen LogP contribution in [0.5, 0.6) is 0 Å². The van der Waals surface area contributed by atoms with E-state index < -0.39 is 0 Å². The van der Waals surface area contributed by atoms with Crippen molar-refractivity contribution in [2.45, 2.75) is 13.5 Å². The lowest BCUT2D eigenvalue weighted by molar-refractivity contribution is 0.0955. The lowest BCUT2D eigenvalue weighted by Gasteiger charge is -2.11. The maximum atomic E-state index is 11.9. The number of amides is 1. The number of pyridine rings is 1. The number of rotatable bonds is 4. The molecule has 0 aromatic carbocycles. The molecule has 0 atom stereocenters. The Kier molecular flexibility index (Phi) is 4.16. The fourth-order valence-electron chi connectivity index (χ4n) is 1.61. The highest BCUT2D eigenvalue weighted by molar-refractivity contribution is 7.13. The molecule has 0 unspecified atom stereocenters. The van der Waals surface area contributed by atoms with E-state index in [4.69, 9.17) is 0 Å². The summed E-state index contributed by atoms with van der Waals surface area (Å²) in [5.74, 6) is 0.874. The number of hydrogen-bond acceptors (Lipinski definition) is 4. The van der Waals surface area contributed by atoms with Crippen LogP contribution < -0.4 is 10.2 Å². The van der Waals surface area contributed by atoms with Crippen molar-refractivity contribution in [1.29, 1.82) is 0 Å². The van der Waals surface area contributed by atoms with Crippen LogP contribution in [0.1, 0.15) is 20.1 Å². The minimum Gasteiger partial charge on any atom is -0.363 e. The van der Waals surface area contributed by atoms with Gasteiger partial charge in [0.25, 0.3) is 5.91 Å². The van der Waals surface area contributed by atoms with Gasteiger partial charge in [0.05, 0.1) is 4.88 Å². The molecular weight excluding hydrogens is 258 g/mol. The van der Waals surface area contributed by atoms with Gasteiger partial charge in [0, 0.05) is 31.7 Å². The Balaban J connectivity index is 1.93. The third-order valence-electron chi connectivity index (χ3n) is 2.68. The first-order valence-corrected chi connectivity index (χ1v) is 6.85. The summed E-state index contributed by atoms with van der Waals surface area (Å²) in [4.78, 5) is 20.0. The van der Waals surface area contributed by atoms with E-state index in [2.05, 4.69) is 10.3 Å². The number of carbonyl (C=O) groups is 1. The summed E-state index contributed by atoms with van der Waals surface area (Å²) in [7, 11) is 3.89. The van der Waals surface area contributed by atoms with Gasteiger partial charge in [-0.15, -0.1) is 11.3 Å². The van der Waals surface area contributed by atoms with Crippen LogP contribution in [0.4, 0.5) is 5.82 Å². The van der Waals surface area contributed by atoms with Crippen molar-refractivity contribution in [2.24, 2.45) is 0 Å². The molecule has 4 nitrogen and oxygen atoms in total. The van der Waals surface area contributed by atoms with E-state index in [1.165, 1.54) is 11.3 Å². The number of thiophene rings is 1. The van der Waals surface area contributed by atoms with E-state index in [0.29, 0.717) is 6.54 Å². The van der Waals surface area contributed by atoms with Gasteiger partial charge in [-0.1, -0.05) is 6.07 Å². The largest absolute Gasteiger partial charge is 0.363 e. The van der Waals surface area contributed by atoms with Crippen LogP contribution in [-0.4, -0.2) is 25.0 Å². The average molecular weight is 275 g/mol. The van der Waals surface area contributed by atoms with Crippen LogP contribution >= 0.6 is 11.3 Å². The van der Waals surface area contributed by atoms with Crippen LogP contribution in [0.2, 0.25) is 0 Å². The second kappa shape index (κ2) is 5.84. The second-order valence-corrected chi connectivity index (χ2v) is 5.80. The van der Waals surface area contributed by atoms with Crippen molar-refractivity contribution in [1.82, 2.24) is 10.3 Å². The normalized spacial score (nSPS) is 10.3. The predicted octanol–water partition coefficient (Wildman–Crippen LogP) is 2.45. The molecule has 0 spiro atoms.